The first-order valence-electron chi connectivity index (χ1n) is 9.90. The summed E-state index contributed by atoms with van der Waals surface area (Å²) in [6.07, 6.45) is 5.01. The molecule has 0 rings (SSSR count). The number of amides is 2. The minimum absolute atomic E-state index is 0.0186. The van der Waals surface area contributed by atoms with E-state index in [0.29, 0.717) is 6.54 Å². The lowest BCUT2D eigenvalue weighted by Crippen LogP contribution is -2.56. The Labute approximate surface area is 165 Å². The number of unbranched alkanes of at least 4 members (excludes halogenated alkanes) is 3. The molecule has 0 spiro atoms. The molecule has 5 nitrogen and oxygen atoms in total. The molecule has 3 N–H and O–H groups in total. The van der Waals surface area contributed by atoms with Crippen LogP contribution in [-0.4, -0.2) is 48.0 Å². The smallest absolute Gasteiger partial charge is 0.315 e. The van der Waals surface area contributed by atoms with Gasteiger partial charge < -0.3 is 16.0 Å². The van der Waals surface area contributed by atoms with Gasteiger partial charge in [-0.3, -0.25) is 4.79 Å². The van der Waals surface area contributed by atoms with Gasteiger partial charge >= 0.3 is 6.03 Å². The third kappa shape index (κ3) is 12.6. The zero-order valence-corrected chi connectivity index (χ0v) is 18.8. The van der Waals surface area contributed by atoms with Crippen LogP contribution in [0.25, 0.3) is 0 Å². The van der Waals surface area contributed by atoms with E-state index in [1.54, 1.807) is 13.8 Å². The molecule has 0 atom stereocenters. The van der Waals surface area contributed by atoms with E-state index >= 15 is 0 Å². The Morgan fingerprint density at radius 2 is 1.50 bits per heavy atom. The molecule has 0 aliphatic carbocycles. The van der Waals surface area contributed by atoms with Gasteiger partial charge in [0.05, 0.1) is 5.54 Å². The van der Waals surface area contributed by atoms with Crippen molar-refractivity contribution in [2.45, 2.75) is 84.9 Å². The topological polar surface area (TPSA) is 70.2 Å². The number of rotatable bonds is 13. The average molecular weight is 388 g/mol. The van der Waals surface area contributed by atoms with E-state index < -0.39 is 11.0 Å². The molecule has 26 heavy (non-hydrogen) atoms. The molecule has 154 valence electrons. The minimum Gasteiger partial charge on any atom is -0.337 e. The minimum atomic E-state index is -0.871. The maximum Gasteiger partial charge on any atom is 0.315 e. The first-order chi connectivity index (χ1) is 12.0. The Morgan fingerprint density at radius 1 is 0.885 bits per heavy atom. The van der Waals surface area contributed by atoms with Crippen molar-refractivity contribution in [1.29, 1.82) is 0 Å². The summed E-state index contributed by atoms with van der Waals surface area (Å²) in [4.78, 5) is 24.3. The lowest BCUT2D eigenvalue weighted by atomic mass is 9.80. The number of carbonyl (C=O) groups excluding carboxylic acids is 2. The molecule has 6 heteroatoms. The third-order valence-corrected chi connectivity index (χ3v) is 5.15. The summed E-state index contributed by atoms with van der Waals surface area (Å²) in [7, 11) is 0. The van der Waals surface area contributed by atoms with Gasteiger partial charge in [0, 0.05) is 18.5 Å². The van der Waals surface area contributed by atoms with Crippen molar-refractivity contribution in [3.05, 3.63) is 0 Å². The Morgan fingerprint density at radius 3 is 2.08 bits per heavy atom. The van der Waals surface area contributed by atoms with Crippen molar-refractivity contribution in [3.63, 3.8) is 0 Å². The van der Waals surface area contributed by atoms with Crippen LogP contribution in [0.1, 0.15) is 74.1 Å². The number of nitrogens with one attached hydrogen (secondary N) is 3. The van der Waals surface area contributed by atoms with Crippen molar-refractivity contribution < 1.29 is 9.59 Å². The zero-order chi connectivity index (χ0) is 20.2. The summed E-state index contributed by atoms with van der Waals surface area (Å²) >= 11 is 2.03. The predicted octanol–water partition coefficient (Wildman–Crippen LogP) is 3.97. The van der Waals surface area contributed by atoms with Crippen LogP contribution in [0, 0.1) is 5.41 Å². The van der Waals surface area contributed by atoms with Gasteiger partial charge in [-0.2, -0.15) is 11.8 Å². The van der Waals surface area contributed by atoms with E-state index in [1.807, 2.05) is 32.5 Å². The molecule has 0 radical (unpaired) electrons. The standard InChI is InChI=1S/C20H41N3O2S/c1-16(2)26-15-11-9-8-10-12-21-13-14-22-18(25)23-20(6,7)17(24)19(3,4)5/h16,21H,8-15H2,1-7H3,(H2,22,23,25). The van der Waals surface area contributed by atoms with Gasteiger partial charge in [0.15, 0.2) is 5.78 Å². The Hall–Kier alpha value is -0.750. The van der Waals surface area contributed by atoms with Gasteiger partial charge in [0.2, 0.25) is 0 Å². The van der Waals surface area contributed by atoms with Gasteiger partial charge in [-0.15, -0.1) is 0 Å². The van der Waals surface area contributed by atoms with Gasteiger partial charge in [-0.05, 0) is 44.2 Å². The van der Waals surface area contributed by atoms with Crippen LogP contribution < -0.4 is 16.0 Å². The molecule has 0 saturated heterocycles. The fraction of sp³-hybridized carbons (Fsp3) is 0.900. The predicted molar refractivity (Wildman–Crippen MR) is 114 cm³/mol. The summed E-state index contributed by atoms with van der Waals surface area (Å²) in [5, 5.41) is 9.66. The second-order valence-electron chi connectivity index (χ2n) is 8.67. The molecular weight excluding hydrogens is 346 g/mol. The number of urea groups is 1. The highest BCUT2D eigenvalue weighted by atomic mass is 32.2. The van der Waals surface area contributed by atoms with Crippen LogP contribution in [0.5, 0.6) is 0 Å². The van der Waals surface area contributed by atoms with Crippen LogP contribution in [0.4, 0.5) is 4.79 Å². The van der Waals surface area contributed by atoms with E-state index in [9.17, 15) is 9.59 Å². The van der Waals surface area contributed by atoms with Gasteiger partial charge in [0.1, 0.15) is 0 Å². The van der Waals surface area contributed by atoms with E-state index in [-0.39, 0.29) is 11.8 Å². The molecule has 0 fully saturated rings. The molecule has 0 unspecified atom stereocenters. The van der Waals surface area contributed by atoms with Crippen molar-refractivity contribution in [3.8, 4) is 0 Å². The van der Waals surface area contributed by atoms with Crippen LogP contribution in [0.2, 0.25) is 0 Å². The van der Waals surface area contributed by atoms with Gasteiger partial charge in [-0.1, -0.05) is 47.5 Å². The molecule has 0 saturated carbocycles. The molecule has 0 aromatic heterocycles. The van der Waals surface area contributed by atoms with E-state index in [1.165, 1.54) is 31.4 Å². The van der Waals surface area contributed by atoms with E-state index in [0.717, 1.165) is 18.3 Å². The molecular formula is C20H41N3O2S. The van der Waals surface area contributed by atoms with Crippen molar-refractivity contribution in [2.24, 2.45) is 5.41 Å². The van der Waals surface area contributed by atoms with Crippen molar-refractivity contribution in [2.75, 3.05) is 25.4 Å². The normalized spacial score (nSPS) is 12.3. The fourth-order valence-corrected chi connectivity index (χ4v) is 3.58. The number of ketones is 1. The highest BCUT2D eigenvalue weighted by Crippen LogP contribution is 2.22. The number of Topliss-reactive ketones (excluding diaryl/α,β-unsaturated/α-hetero) is 1. The zero-order valence-electron chi connectivity index (χ0n) is 18.0. The first kappa shape index (κ1) is 25.2. The van der Waals surface area contributed by atoms with Gasteiger partial charge in [0.25, 0.3) is 0 Å². The summed E-state index contributed by atoms with van der Waals surface area (Å²) in [6.45, 7) is 15.8. The highest BCUT2D eigenvalue weighted by molar-refractivity contribution is 7.99. The highest BCUT2D eigenvalue weighted by Gasteiger charge is 2.37. The van der Waals surface area contributed by atoms with Gasteiger partial charge in [-0.25, -0.2) is 4.79 Å². The molecule has 0 aliphatic heterocycles. The van der Waals surface area contributed by atoms with E-state index in [2.05, 4.69) is 29.8 Å². The second-order valence-corrected chi connectivity index (χ2v) is 10.4. The number of thioether (sulfide) groups is 1. The SMILES string of the molecule is CC(C)SCCCCCCNCCNC(=O)NC(C)(C)C(=O)C(C)(C)C. The number of carbonyl (C=O) groups is 2. The Balaban J connectivity index is 3.67. The molecule has 2 amide bonds. The first-order valence-corrected chi connectivity index (χ1v) is 10.9. The van der Waals surface area contributed by atoms with Crippen molar-refractivity contribution >= 4 is 23.6 Å². The Bertz CT molecular complexity index is 418. The lowest BCUT2D eigenvalue weighted by Gasteiger charge is -2.31. The maximum absolute atomic E-state index is 12.3. The summed E-state index contributed by atoms with van der Waals surface area (Å²) in [5.74, 6) is 1.28. The van der Waals surface area contributed by atoms with E-state index in [4.69, 9.17) is 0 Å². The van der Waals surface area contributed by atoms with Crippen LogP contribution >= 0.6 is 11.8 Å². The lowest BCUT2D eigenvalue weighted by molar-refractivity contribution is -0.131. The second kappa shape index (κ2) is 12.6. The molecule has 0 bridgehead atoms. The van der Waals surface area contributed by atoms with Crippen LogP contribution in [0.15, 0.2) is 0 Å². The third-order valence-electron chi connectivity index (χ3n) is 3.96. The molecule has 0 aromatic carbocycles. The quantitative estimate of drug-likeness (QED) is 0.418. The summed E-state index contributed by atoms with van der Waals surface area (Å²) < 4.78 is 0. The maximum atomic E-state index is 12.3. The monoisotopic (exact) mass is 387 g/mol. The molecule has 0 aromatic rings. The van der Waals surface area contributed by atoms with Crippen molar-refractivity contribution in [1.82, 2.24) is 16.0 Å². The fourth-order valence-electron chi connectivity index (χ4n) is 2.74. The summed E-state index contributed by atoms with van der Waals surface area (Å²) in [5.41, 5.74) is -1.35. The number of hydrogen-bond acceptors (Lipinski definition) is 4. The van der Waals surface area contributed by atoms with Crippen LogP contribution in [-0.2, 0) is 4.79 Å². The summed E-state index contributed by atoms with van der Waals surface area (Å²) in [6, 6.07) is -0.294. The number of hydrogen-bond donors (Lipinski definition) is 3. The Kier molecular flexibility index (Phi) is 12.2. The molecule has 0 heterocycles. The molecule has 0 aliphatic rings. The largest absolute Gasteiger partial charge is 0.337 e. The van der Waals surface area contributed by atoms with Crippen LogP contribution in [0.3, 0.4) is 0 Å². The average Bonchev–Trinajstić information content (AvgIpc) is 2.50.